The number of nitrogens with one attached hydrogen (secondary N) is 1. The quantitative estimate of drug-likeness (QED) is 0.677. The number of rotatable bonds is 5. The summed E-state index contributed by atoms with van der Waals surface area (Å²) in [5, 5.41) is 16.0. The zero-order valence-electron chi connectivity index (χ0n) is 12.7. The monoisotopic (exact) mass is 294 g/mol. The zero-order valence-corrected chi connectivity index (χ0v) is 12.7. The number of carbonyl (C=O) groups excluding carboxylic acids is 1. The van der Waals surface area contributed by atoms with Gasteiger partial charge in [0.1, 0.15) is 11.6 Å². The minimum Gasteiger partial charge on any atom is -0.351 e. The van der Waals surface area contributed by atoms with Crippen LogP contribution in [0.5, 0.6) is 0 Å². The molecule has 1 heterocycles. The molecule has 2 aromatic rings. The van der Waals surface area contributed by atoms with Gasteiger partial charge in [0.25, 0.3) is 5.91 Å². The minimum atomic E-state index is -0.360. The van der Waals surface area contributed by atoms with Crippen molar-refractivity contribution in [3.8, 4) is 6.07 Å². The van der Waals surface area contributed by atoms with Crippen molar-refractivity contribution in [3.63, 3.8) is 0 Å². The Hall–Kier alpha value is -2.87. The summed E-state index contributed by atoms with van der Waals surface area (Å²) < 4.78 is 1.70. The van der Waals surface area contributed by atoms with E-state index in [0.717, 1.165) is 23.2 Å². The van der Waals surface area contributed by atoms with E-state index in [1.165, 1.54) is 0 Å². The van der Waals surface area contributed by atoms with Gasteiger partial charge in [0.15, 0.2) is 0 Å². The molecule has 0 radical (unpaired) electrons. The Morgan fingerprint density at radius 3 is 2.73 bits per heavy atom. The maximum absolute atomic E-state index is 12.1. The highest BCUT2D eigenvalue weighted by Gasteiger charge is 2.10. The summed E-state index contributed by atoms with van der Waals surface area (Å²) in [6, 6.07) is 11.8. The first-order chi connectivity index (χ1) is 10.6. The molecular weight excluding hydrogens is 276 g/mol. The molecule has 0 atom stereocenters. The third-order valence-corrected chi connectivity index (χ3v) is 3.48. The lowest BCUT2D eigenvalue weighted by atomic mass is 10.1. The summed E-state index contributed by atoms with van der Waals surface area (Å²) in [4.78, 5) is 12.1. The van der Waals surface area contributed by atoms with Gasteiger partial charge in [0.2, 0.25) is 0 Å². The number of hydrogen-bond acceptors (Lipinski definition) is 3. The number of benzene rings is 1. The lowest BCUT2D eigenvalue weighted by Crippen LogP contribution is -2.26. The predicted octanol–water partition coefficient (Wildman–Crippen LogP) is 1.99. The van der Waals surface area contributed by atoms with Gasteiger partial charge in [-0.2, -0.15) is 10.4 Å². The Kier molecular flexibility index (Phi) is 5.10. The summed E-state index contributed by atoms with van der Waals surface area (Å²) >= 11 is 0. The second kappa shape index (κ2) is 7.23. The van der Waals surface area contributed by atoms with Crippen molar-refractivity contribution < 1.29 is 4.79 Å². The first kappa shape index (κ1) is 15.5. The van der Waals surface area contributed by atoms with Crippen molar-refractivity contribution in [3.05, 3.63) is 58.9 Å². The van der Waals surface area contributed by atoms with Crippen molar-refractivity contribution in [1.29, 1.82) is 5.26 Å². The summed E-state index contributed by atoms with van der Waals surface area (Å²) in [5.74, 6) is -0.360. The van der Waals surface area contributed by atoms with Gasteiger partial charge in [-0.05, 0) is 25.0 Å². The molecule has 112 valence electrons. The summed E-state index contributed by atoms with van der Waals surface area (Å²) in [5.41, 5.74) is 2.92. The van der Waals surface area contributed by atoms with Crippen LogP contribution in [0.2, 0.25) is 0 Å². The number of aromatic nitrogens is 2. The van der Waals surface area contributed by atoms with Crippen molar-refractivity contribution in [1.82, 2.24) is 15.1 Å². The van der Waals surface area contributed by atoms with Crippen LogP contribution in [0, 0.1) is 18.3 Å². The highest BCUT2D eigenvalue weighted by Crippen LogP contribution is 2.11. The van der Waals surface area contributed by atoms with Crippen LogP contribution in [0.3, 0.4) is 0 Å². The van der Waals surface area contributed by atoms with Crippen LogP contribution in [-0.4, -0.2) is 22.2 Å². The second-order valence-electron chi connectivity index (χ2n) is 4.97. The van der Waals surface area contributed by atoms with Gasteiger partial charge >= 0.3 is 0 Å². The van der Waals surface area contributed by atoms with E-state index in [0.29, 0.717) is 6.54 Å². The summed E-state index contributed by atoms with van der Waals surface area (Å²) in [7, 11) is 1.82. The molecule has 0 aliphatic carbocycles. The second-order valence-corrected chi connectivity index (χ2v) is 4.97. The molecule has 0 fully saturated rings. The average molecular weight is 294 g/mol. The van der Waals surface area contributed by atoms with Crippen molar-refractivity contribution in [2.45, 2.75) is 13.3 Å². The molecular formula is C17H18N4O. The molecule has 1 aromatic heterocycles. The normalized spacial score (nSPS) is 11.0. The van der Waals surface area contributed by atoms with Gasteiger partial charge in [-0.25, -0.2) is 0 Å². The van der Waals surface area contributed by atoms with E-state index in [9.17, 15) is 4.79 Å². The third-order valence-electron chi connectivity index (χ3n) is 3.48. The fourth-order valence-electron chi connectivity index (χ4n) is 2.02. The molecule has 5 nitrogen and oxygen atoms in total. The standard InChI is InChI=1S/C17H18N4O/c1-13-16(12-20-21(13)2)10-15(11-18)17(22)19-9-8-14-6-4-3-5-7-14/h3-7,10,12H,8-9H2,1-2H3,(H,19,22). The van der Waals surface area contributed by atoms with E-state index in [2.05, 4.69) is 10.4 Å². The number of hydrogen-bond donors (Lipinski definition) is 1. The smallest absolute Gasteiger partial charge is 0.261 e. The van der Waals surface area contributed by atoms with Crippen LogP contribution in [-0.2, 0) is 18.3 Å². The molecule has 0 saturated carbocycles. The van der Waals surface area contributed by atoms with Gasteiger partial charge in [-0.15, -0.1) is 0 Å². The number of amides is 1. The van der Waals surface area contributed by atoms with Crippen LogP contribution in [0.1, 0.15) is 16.8 Å². The number of aryl methyl sites for hydroxylation is 1. The first-order valence-corrected chi connectivity index (χ1v) is 7.04. The molecule has 0 bridgehead atoms. The Balaban J connectivity index is 1.98. The Morgan fingerprint density at radius 1 is 1.41 bits per heavy atom. The summed E-state index contributed by atoms with van der Waals surface area (Å²) in [6.45, 7) is 2.38. The van der Waals surface area contributed by atoms with Crippen LogP contribution in [0.15, 0.2) is 42.1 Å². The Bertz CT molecular complexity index is 723. The fraction of sp³-hybridized carbons (Fsp3) is 0.235. The Labute approximate surface area is 129 Å². The average Bonchev–Trinajstić information content (AvgIpc) is 2.85. The zero-order chi connectivity index (χ0) is 15.9. The maximum atomic E-state index is 12.1. The maximum Gasteiger partial charge on any atom is 0.261 e. The van der Waals surface area contributed by atoms with Gasteiger partial charge in [0.05, 0.1) is 6.20 Å². The van der Waals surface area contributed by atoms with E-state index in [1.807, 2.05) is 50.4 Å². The molecule has 22 heavy (non-hydrogen) atoms. The molecule has 5 heteroatoms. The third kappa shape index (κ3) is 3.83. The van der Waals surface area contributed by atoms with E-state index in [-0.39, 0.29) is 11.5 Å². The Morgan fingerprint density at radius 2 is 2.14 bits per heavy atom. The molecule has 2 rings (SSSR count). The van der Waals surface area contributed by atoms with E-state index in [4.69, 9.17) is 5.26 Å². The van der Waals surface area contributed by atoms with Crippen LogP contribution in [0.25, 0.3) is 6.08 Å². The molecule has 1 N–H and O–H groups in total. The van der Waals surface area contributed by atoms with Crippen molar-refractivity contribution in [2.75, 3.05) is 6.54 Å². The molecule has 0 unspecified atom stereocenters. The molecule has 0 spiro atoms. The van der Waals surface area contributed by atoms with Gasteiger partial charge in [-0.3, -0.25) is 9.48 Å². The van der Waals surface area contributed by atoms with Crippen LogP contribution >= 0.6 is 0 Å². The topological polar surface area (TPSA) is 70.7 Å². The SMILES string of the molecule is Cc1c(C=C(C#N)C(=O)NCCc2ccccc2)cnn1C. The minimum absolute atomic E-state index is 0.0872. The highest BCUT2D eigenvalue weighted by molar-refractivity contribution is 6.01. The lowest BCUT2D eigenvalue weighted by molar-refractivity contribution is -0.117. The van der Waals surface area contributed by atoms with E-state index >= 15 is 0 Å². The fourth-order valence-corrected chi connectivity index (χ4v) is 2.02. The molecule has 0 aliphatic heterocycles. The number of nitrogens with zero attached hydrogens (tertiary/aromatic N) is 3. The van der Waals surface area contributed by atoms with Gasteiger partial charge in [-0.1, -0.05) is 30.3 Å². The van der Waals surface area contributed by atoms with Gasteiger partial charge < -0.3 is 5.32 Å². The molecule has 0 aliphatic rings. The lowest BCUT2D eigenvalue weighted by Gasteiger charge is -2.04. The number of nitriles is 1. The first-order valence-electron chi connectivity index (χ1n) is 7.04. The van der Waals surface area contributed by atoms with E-state index in [1.54, 1.807) is 17.0 Å². The van der Waals surface area contributed by atoms with Crippen molar-refractivity contribution in [2.24, 2.45) is 7.05 Å². The van der Waals surface area contributed by atoms with Crippen LogP contribution in [0.4, 0.5) is 0 Å². The number of carbonyl (C=O) groups is 1. The highest BCUT2D eigenvalue weighted by atomic mass is 16.1. The largest absolute Gasteiger partial charge is 0.351 e. The summed E-state index contributed by atoms with van der Waals surface area (Å²) in [6.07, 6.45) is 3.95. The molecule has 1 amide bonds. The molecule has 0 saturated heterocycles. The predicted molar refractivity (Wildman–Crippen MR) is 84.7 cm³/mol. The van der Waals surface area contributed by atoms with Crippen LogP contribution < -0.4 is 5.32 Å². The van der Waals surface area contributed by atoms with E-state index < -0.39 is 0 Å². The molecule has 1 aromatic carbocycles. The van der Waals surface area contributed by atoms with Gasteiger partial charge in [0, 0.05) is 24.8 Å². The van der Waals surface area contributed by atoms with Crippen molar-refractivity contribution >= 4 is 12.0 Å².